The summed E-state index contributed by atoms with van der Waals surface area (Å²) in [6.45, 7) is 1.43. The van der Waals surface area contributed by atoms with Gasteiger partial charge in [-0.3, -0.25) is 14.3 Å². The number of anilines is 4. The summed E-state index contributed by atoms with van der Waals surface area (Å²) >= 11 is 0. The van der Waals surface area contributed by atoms with Crippen LogP contribution in [0.2, 0.25) is 0 Å². The van der Waals surface area contributed by atoms with Crippen molar-refractivity contribution in [1.82, 2.24) is 43.9 Å². The molecule has 15 heteroatoms. The fourth-order valence-electron chi connectivity index (χ4n) is 4.36. The molecule has 5 aromatic heterocycles. The van der Waals surface area contributed by atoms with Crippen LogP contribution in [0.15, 0.2) is 42.9 Å². The molecule has 1 aliphatic heterocycles. The lowest BCUT2D eigenvalue weighted by Crippen LogP contribution is -2.30. The standard InChI is InChI=1S/C18H22N8O2.C8H11N5/c1-23(2)18-21-14-7-6-12(11-26(14)22-18)20-16(27)15-13(10-19-24(15)3)17(28)25-8-4-5-9-25;1-12(2)8-10-7-4-3-6(9)5-13(7)11-8/h6-7,10-11H,4-5,8-9H2,1-3H3,(H,20,27);3-5H,9H2,1-2H3. The second-order valence-electron chi connectivity index (χ2n) is 10.1. The predicted octanol–water partition coefficient (Wildman–Crippen LogP) is 1.39. The average molecular weight is 560 g/mol. The molecule has 15 nitrogen and oxygen atoms in total. The van der Waals surface area contributed by atoms with E-state index in [9.17, 15) is 9.59 Å². The number of aromatic nitrogens is 8. The van der Waals surface area contributed by atoms with Crippen molar-refractivity contribution in [3.63, 3.8) is 0 Å². The molecule has 1 saturated heterocycles. The summed E-state index contributed by atoms with van der Waals surface area (Å²) in [6, 6.07) is 7.17. The molecule has 0 radical (unpaired) electrons. The molecule has 0 saturated carbocycles. The van der Waals surface area contributed by atoms with Crippen molar-refractivity contribution in [2.75, 3.05) is 62.1 Å². The smallest absolute Gasteiger partial charge is 0.274 e. The van der Waals surface area contributed by atoms with E-state index < -0.39 is 5.91 Å². The number of pyridine rings is 2. The van der Waals surface area contributed by atoms with Crippen LogP contribution in [0.3, 0.4) is 0 Å². The summed E-state index contributed by atoms with van der Waals surface area (Å²) in [7, 11) is 9.17. The van der Waals surface area contributed by atoms with Gasteiger partial charge in [0.1, 0.15) is 5.69 Å². The quantitative estimate of drug-likeness (QED) is 0.322. The monoisotopic (exact) mass is 559 g/mol. The molecule has 1 fully saturated rings. The number of nitrogens with one attached hydrogen (secondary N) is 1. The van der Waals surface area contributed by atoms with Crippen LogP contribution in [0.1, 0.15) is 33.7 Å². The number of amides is 2. The summed E-state index contributed by atoms with van der Waals surface area (Å²) < 4.78 is 4.70. The van der Waals surface area contributed by atoms with Crippen molar-refractivity contribution < 1.29 is 9.59 Å². The lowest BCUT2D eigenvalue weighted by Gasteiger charge is -2.15. The number of nitrogens with zero attached hydrogens (tertiary/aromatic N) is 11. The predicted molar refractivity (Wildman–Crippen MR) is 155 cm³/mol. The molecule has 0 spiro atoms. The van der Waals surface area contributed by atoms with Crippen LogP contribution in [0.25, 0.3) is 11.3 Å². The molecule has 0 aliphatic carbocycles. The van der Waals surface area contributed by atoms with Gasteiger partial charge in [0.15, 0.2) is 11.3 Å². The summed E-state index contributed by atoms with van der Waals surface area (Å²) in [6.07, 6.45) is 6.86. The third-order valence-corrected chi connectivity index (χ3v) is 6.50. The summed E-state index contributed by atoms with van der Waals surface area (Å²) in [5.74, 6) is 0.715. The number of fused-ring (bicyclic) bond motifs is 2. The molecule has 0 aromatic carbocycles. The highest BCUT2D eigenvalue weighted by Gasteiger charge is 2.27. The maximum atomic E-state index is 12.9. The first-order chi connectivity index (χ1) is 19.6. The minimum Gasteiger partial charge on any atom is -0.397 e. The van der Waals surface area contributed by atoms with Gasteiger partial charge in [-0.25, -0.2) is 9.03 Å². The number of nitrogen functional groups attached to an aromatic ring is 1. The van der Waals surface area contributed by atoms with Gasteiger partial charge in [0.25, 0.3) is 11.8 Å². The minimum atomic E-state index is -0.394. The highest BCUT2D eigenvalue weighted by molar-refractivity contribution is 6.11. The van der Waals surface area contributed by atoms with Crippen molar-refractivity contribution in [2.24, 2.45) is 7.05 Å². The van der Waals surface area contributed by atoms with Gasteiger partial charge in [-0.2, -0.15) is 15.1 Å². The normalized spacial score (nSPS) is 12.9. The number of hydrogen-bond acceptors (Lipinski definition) is 10. The van der Waals surface area contributed by atoms with E-state index in [2.05, 4.69) is 30.6 Å². The van der Waals surface area contributed by atoms with Crippen LogP contribution < -0.4 is 20.9 Å². The van der Waals surface area contributed by atoms with Crippen LogP contribution >= 0.6 is 0 Å². The van der Waals surface area contributed by atoms with Crippen molar-refractivity contribution in [2.45, 2.75) is 12.8 Å². The number of carbonyl (C=O) groups excluding carboxylic acids is 2. The molecule has 0 unspecified atom stereocenters. The largest absolute Gasteiger partial charge is 0.397 e. The third kappa shape index (κ3) is 5.73. The van der Waals surface area contributed by atoms with Crippen LogP contribution in [0.4, 0.5) is 23.3 Å². The number of likely N-dealkylation sites (tertiary alicyclic amines) is 1. The zero-order chi connectivity index (χ0) is 29.3. The Morgan fingerprint density at radius 2 is 1.46 bits per heavy atom. The van der Waals surface area contributed by atoms with Crippen molar-refractivity contribution in [3.8, 4) is 0 Å². The van der Waals surface area contributed by atoms with Crippen molar-refractivity contribution in [1.29, 1.82) is 0 Å². The van der Waals surface area contributed by atoms with Crippen LogP contribution in [0.5, 0.6) is 0 Å². The Morgan fingerprint density at radius 1 is 0.878 bits per heavy atom. The molecule has 2 amide bonds. The summed E-state index contributed by atoms with van der Waals surface area (Å²) in [5, 5.41) is 15.5. The minimum absolute atomic E-state index is 0.155. The Balaban J connectivity index is 0.000000216. The maximum Gasteiger partial charge on any atom is 0.274 e. The first-order valence-electron chi connectivity index (χ1n) is 13.1. The second-order valence-corrected chi connectivity index (χ2v) is 10.1. The number of nitrogens with two attached hydrogens (primary N) is 1. The highest BCUT2D eigenvalue weighted by Crippen LogP contribution is 2.18. The van der Waals surface area contributed by atoms with E-state index >= 15 is 0 Å². The van der Waals surface area contributed by atoms with Gasteiger partial charge in [0.05, 0.1) is 35.5 Å². The zero-order valence-corrected chi connectivity index (χ0v) is 23.7. The van der Waals surface area contributed by atoms with Crippen molar-refractivity contribution >= 4 is 46.4 Å². The molecule has 214 valence electrons. The van der Waals surface area contributed by atoms with Crippen LogP contribution in [-0.4, -0.2) is 97.0 Å². The molecule has 41 heavy (non-hydrogen) atoms. The van der Waals surface area contributed by atoms with Crippen molar-refractivity contribution in [3.05, 3.63) is 54.1 Å². The van der Waals surface area contributed by atoms with Gasteiger partial charge in [-0.1, -0.05) is 0 Å². The Bertz CT molecular complexity index is 1710. The Hall–Kier alpha value is -5.21. The molecular formula is C26H33N13O2. The Labute approximate surface area is 236 Å². The van der Waals surface area contributed by atoms with E-state index in [1.54, 1.807) is 50.4 Å². The molecule has 1 aliphatic rings. The fourth-order valence-corrected chi connectivity index (χ4v) is 4.36. The van der Waals surface area contributed by atoms with Crippen LogP contribution in [0, 0.1) is 0 Å². The van der Waals surface area contributed by atoms with E-state index in [1.807, 2.05) is 45.2 Å². The zero-order valence-electron chi connectivity index (χ0n) is 23.7. The molecular weight excluding hydrogens is 526 g/mol. The van der Waals surface area contributed by atoms with Gasteiger partial charge in [0.2, 0.25) is 11.9 Å². The number of aryl methyl sites for hydroxylation is 1. The number of rotatable bonds is 5. The molecule has 3 N–H and O–H groups in total. The van der Waals surface area contributed by atoms with Gasteiger partial charge >= 0.3 is 0 Å². The van der Waals surface area contributed by atoms with E-state index in [4.69, 9.17) is 5.73 Å². The summed E-state index contributed by atoms with van der Waals surface area (Å²) in [5.41, 5.74) is 8.87. The van der Waals surface area contributed by atoms with Crippen LogP contribution in [-0.2, 0) is 7.05 Å². The summed E-state index contributed by atoms with van der Waals surface area (Å²) in [4.78, 5) is 39.7. The first-order valence-corrected chi connectivity index (χ1v) is 13.1. The maximum absolute atomic E-state index is 12.9. The topological polar surface area (TPSA) is 160 Å². The van der Waals surface area contributed by atoms with Gasteiger partial charge < -0.3 is 25.8 Å². The second kappa shape index (κ2) is 11.1. The number of hydrogen-bond donors (Lipinski definition) is 2. The SMILES string of the molecule is CN(C)c1nc2ccc(N)cn2n1.CN(C)c1nc2ccc(NC(=O)c3c(C(=O)N4CCCC4)cnn3C)cn2n1. The lowest BCUT2D eigenvalue weighted by molar-refractivity contribution is 0.0787. The van der Waals surface area contributed by atoms with E-state index in [1.165, 1.54) is 10.9 Å². The van der Waals surface area contributed by atoms with Gasteiger partial charge in [0, 0.05) is 48.3 Å². The molecule has 0 atom stereocenters. The Morgan fingerprint density at radius 3 is 2.07 bits per heavy atom. The third-order valence-electron chi connectivity index (χ3n) is 6.50. The molecule has 6 heterocycles. The lowest BCUT2D eigenvalue weighted by atomic mass is 10.2. The molecule has 5 aromatic rings. The average Bonchev–Trinajstić information content (AvgIpc) is 3.73. The Kier molecular flexibility index (Phi) is 7.42. The molecule has 0 bridgehead atoms. The van der Waals surface area contributed by atoms with Gasteiger partial charge in [-0.05, 0) is 37.1 Å². The number of carbonyl (C=O) groups is 2. The van der Waals surface area contributed by atoms with E-state index in [0.29, 0.717) is 47.6 Å². The highest BCUT2D eigenvalue weighted by atomic mass is 16.2. The van der Waals surface area contributed by atoms with E-state index in [-0.39, 0.29) is 11.6 Å². The fraction of sp³-hybridized carbons (Fsp3) is 0.346. The molecule has 6 rings (SSSR count). The van der Waals surface area contributed by atoms with E-state index in [0.717, 1.165) is 18.5 Å². The first kappa shape index (κ1) is 27.4. The van der Waals surface area contributed by atoms with Gasteiger partial charge in [-0.15, -0.1) is 10.2 Å².